The van der Waals surface area contributed by atoms with Gasteiger partial charge in [0, 0.05) is 37.6 Å². The van der Waals surface area contributed by atoms with Crippen LogP contribution in [-0.4, -0.2) is 44.2 Å². The van der Waals surface area contributed by atoms with Gasteiger partial charge in [-0.2, -0.15) is 0 Å². The Morgan fingerprint density at radius 3 is 2.63 bits per heavy atom. The van der Waals surface area contributed by atoms with E-state index < -0.39 is 0 Å². The zero-order valence-electron chi connectivity index (χ0n) is 10.9. The number of hydrogen-bond donors (Lipinski definition) is 0. The fraction of sp³-hybridized carbons (Fsp3) is 0.538. The standard InChI is InChI=1S/C13H18ClN5/c14-12-4-1-2-5-13(12)19-10-8-18(9-11-19)7-3-6-16-17-15/h1-2,4-5H,3,6-11H2. The highest BCUT2D eigenvalue weighted by molar-refractivity contribution is 6.33. The van der Waals surface area contributed by atoms with Crippen LogP contribution < -0.4 is 4.90 Å². The summed E-state index contributed by atoms with van der Waals surface area (Å²) in [6.45, 7) is 5.62. The Morgan fingerprint density at radius 1 is 1.21 bits per heavy atom. The van der Waals surface area contributed by atoms with Crippen LogP contribution in [0.3, 0.4) is 0 Å². The summed E-state index contributed by atoms with van der Waals surface area (Å²) in [4.78, 5) is 7.49. The van der Waals surface area contributed by atoms with Crippen LogP contribution >= 0.6 is 11.6 Å². The second-order valence-corrected chi connectivity index (χ2v) is 5.00. The molecule has 0 bridgehead atoms. The Morgan fingerprint density at radius 2 is 1.95 bits per heavy atom. The van der Waals surface area contributed by atoms with Gasteiger partial charge in [0.25, 0.3) is 0 Å². The molecule has 2 rings (SSSR count). The van der Waals surface area contributed by atoms with Crippen molar-refractivity contribution in [3.63, 3.8) is 0 Å². The topological polar surface area (TPSA) is 55.2 Å². The van der Waals surface area contributed by atoms with E-state index in [-0.39, 0.29) is 0 Å². The summed E-state index contributed by atoms with van der Waals surface area (Å²) in [5, 5.41) is 4.38. The van der Waals surface area contributed by atoms with Gasteiger partial charge in [0.1, 0.15) is 0 Å². The van der Waals surface area contributed by atoms with Crippen LogP contribution in [0.15, 0.2) is 29.4 Å². The molecule has 1 aromatic carbocycles. The summed E-state index contributed by atoms with van der Waals surface area (Å²) < 4.78 is 0. The van der Waals surface area contributed by atoms with Crippen molar-refractivity contribution in [1.82, 2.24) is 4.90 Å². The van der Waals surface area contributed by atoms with Crippen molar-refractivity contribution < 1.29 is 0 Å². The third-order valence-electron chi connectivity index (χ3n) is 3.36. The lowest BCUT2D eigenvalue weighted by Gasteiger charge is -2.36. The van der Waals surface area contributed by atoms with Gasteiger partial charge in [-0.15, -0.1) is 0 Å². The van der Waals surface area contributed by atoms with Gasteiger partial charge in [-0.05, 0) is 30.6 Å². The van der Waals surface area contributed by atoms with E-state index in [2.05, 4.69) is 25.9 Å². The molecule has 0 amide bonds. The lowest BCUT2D eigenvalue weighted by atomic mass is 10.2. The molecule has 19 heavy (non-hydrogen) atoms. The average molecular weight is 280 g/mol. The summed E-state index contributed by atoms with van der Waals surface area (Å²) in [6, 6.07) is 7.98. The maximum Gasteiger partial charge on any atom is 0.0639 e. The van der Waals surface area contributed by atoms with E-state index in [9.17, 15) is 0 Å². The minimum atomic E-state index is 0.585. The number of benzene rings is 1. The third kappa shape index (κ3) is 4.03. The first kappa shape index (κ1) is 14.0. The molecule has 0 unspecified atom stereocenters. The lowest BCUT2D eigenvalue weighted by Crippen LogP contribution is -2.46. The first-order valence-electron chi connectivity index (χ1n) is 6.54. The van der Waals surface area contributed by atoms with Crippen LogP contribution in [0, 0.1) is 0 Å². The summed E-state index contributed by atoms with van der Waals surface area (Å²) in [5.74, 6) is 0. The summed E-state index contributed by atoms with van der Waals surface area (Å²) in [7, 11) is 0. The second-order valence-electron chi connectivity index (χ2n) is 4.59. The molecule has 0 aliphatic carbocycles. The van der Waals surface area contributed by atoms with Gasteiger partial charge in [0.2, 0.25) is 0 Å². The molecule has 1 aliphatic heterocycles. The summed E-state index contributed by atoms with van der Waals surface area (Å²) >= 11 is 6.21. The molecule has 1 aliphatic rings. The number of para-hydroxylation sites is 1. The van der Waals surface area contributed by atoms with Gasteiger partial charge in [0.15, 0.2) is 0 Å². The minimum Gasteiger partial charge on any atom is -0.368 e. The quantitative estimate of drug-likeness (QED) is 0.360. The third-order valence-corrected chi connectivity index (χ3v) is 3.68. The van der Waals surface area contributed by atoms with Gasteiger partial charge < -0.3 is 4.90 Å². The number of rotatable bonds is 5. The SMILES string of the molecule is [N-]=[N+]=NCCCN1CCN(c2ccccc2Cl)CC1. The molecule has 0 aromatic heterocycles. The summed E-state index contributed by atoms with van der Waals surface area (Å²) in [5.41, 5.74) is 9.34. The molecule has 0 radical (unpaired) electrons. The van der Waals surface area contributed by atoms with Crippen molar-refractivity contribution in [3.05, 3.63) is 39.7 Å². The minimum absolute atomic E-state index is 0.585. The molecule has 1 saturated heterocycles. The number of piperazine rings is 1. The first-order chi connectivity index (χ1) is 9.31. The predicted molar refractivity (Wildman–Crippen MR) is 78.7 cm³/mol. The summed E-state index contributed by atoms with van der Waals surface area (Å²) in [6.07, 6.45) is 0.927. The van der Waals surface area contributed by atoms with Crippen LogP contribution in [0.25, 0.3) is 10.4 Å². The van der Waals surface area contributed by atoms with Crippen molar-refractivity contribution in [2.24, 2.45) is 5.11 Å². The lowest BCUT2D eigenvalue weighted by molar-refractivity contribution is 0.256. The van der Waals surface area contributed by atoms with Crippen LogP contribution in [-0.2, 0) is 0 Å². The van der Waals surface area contributed by atoms with Crippen LogP contribution in [0.4, 0.5) is 5.69 Å². The molecule has 102 valence electrons. The number of anilines is 1. The van der Waals surface area contributed by atoms with E-state index in [1.165, 1.54) is 0 Å². The van der Waals surface area contributed by atoms with E-state index in [0.29, 0.717) is 6.54 Å². The maximum atomic E-state index is 8.22. The van der Waals surface area contributed by atoms with E-state index in [4.69, 9.17) is 17.1 Å². The van der Waals surface area contributed by atoms with Crippen molar-refractivity contribution in [3.8, 4) is 0 Å². The van der Waals surface area contributed by atoms with E-state index >= 15 is 0 Å². The second kappa shape index (κ2) is 7.24. The van der Waals surface area contributed by atoms with Crippen molar-refractivity contribution in [1.29, 1.82) is 0 Å². The molecule has 1 heterocycles. The van der Waals surface area contributed by atoms with E-state index in [1.807, 2.05) is 18.2 Å². The molecule has 0 N–H and O–H groups in total. The fourth-order valence-corrected chi connectivity index (χ4v) is 2.59. The first-order valence-corrected chi connectivity index (χ1v) is 6.92. The average Bonchev–Trinajstić information content (AvgIpc) is 2.45. The number of hydrogen-bond acceptors (Lipinski definition) is 3. The van der Waals surface area contributed by atoms with Gasteiger partial charge in [-0.3, -0.25) is 4.90 Å². The zero-order chi connectivity index (χ0) is 13.5. The van der Waals surface area contributed by atoms with Crippen LogP contribution in [0.1, 0.15) is 6.42 Å². The number of azide groups is 1. The predicted octanol–water partition coefficient (Wildman–Crippen LogP) is 3.16. The molecule has 0 spiro atoms. The monoisotopic (exact) mass is 279 g/mol. The van der Waals surface area contributed by atoms with E-state index in [1.54, 1.807) is 0 Å². The zero-order valence-corrected chi connectivity index (χ0v) is 11.6. The van der Waals surface area contributed by atoms with Crippen molar-refractivity contribution in [2.45, 2.75) is 6.42 Å². The highest BCUT2D eigenvalue weighted by Gasteiger charge is 2.17. The van der Waals surface area contributed by atoms with Gasteiger partial charge in [0.05, 0.1) is 10.7 Å². The van der Waals surface area contributed by atoms with Crippen molar-refractivity contribution >= 4 is 17.3 Å². The van der Waals surface area contributed by atoms with E-state index in [0.717, 1.165) is 49.9 Å². The molecule has 5 nitrogen and oxygen atoms in total. The van der Waals surface area contributed by atoms with Crippen LogP contribution in [0.5, 0.6) is 0 Å². The van der Waals surface area contributed by atoms with Gasteiger partial charge in [-0.25, -0.2) is 0 Å². The molecule has 0 atom stereocenters. The van der Waals surface area contributed by atoms with Crippen molar-refractivity contribution in [2.75, 3.05) is 44.2 Å². The van der Waals surface area contributed by atoms with Crippen LogP contribution in [0.2, 0.25) is 5.02 Å². The smallest absolute Gasteiger partial charge is 0.0639 e. The Bertz CT molecular complexity index is 450. The molecular weight excluding hydrogens is 262 g/mol. The van der Waals surface area contributed by atoms with Gasteiger partial charge in [-0.1, -0.05) is 28.8 Å². The molecule has 1 aromatic rings. The largest absolute Gasteiger partial charge is 0.368 e. The van der Waals surface area contributed by atoms with Gasteiger partial charge >= 0.3 is 0 Å². The molecular formula is C13H18ClN5. The molecule has 6 heteroatoms. The highest BCUT2D eigenvalue weighted by atomic mass is 35.5. The fourth-order valence-electron chi connectivity index (χ4n) is 2.33. The maximum absolute atomic E-state index is 8.22. The number of nitrogens with zero attached hydrogens (tertiary/aromatic N) is 5. The number of halogens is 1. The normalized spacial score (nSPS) is 16.2. The Balaban J connectivity index is 1.79. The Labute approximate surface area is 118 Å². The highest BCUT2D eigenvalue weighted by Crippen LogP contribution is 2.25. The molecule has 1 fully saturated rings. The molecule has 0 saturated carbocycles. The Hall–Kier alpha value is -1.42. The Kier molecular flexibility index (Phi) is 5.33.